The first-order valence-corrected chi connectivity index (χ1v) is 8.90. The normalized spacial score (nSPS) is 10.7. The molecule has 124 valence electrons. The number of hydrogen-bond donors (Lipinski definition) is 0. The second-order valence-corrected chi connectivity index (χ2v) is 5.92. The zero-order valence-electron chi connectivity index (χ0n) is 14.2. The predicted molar refractivity (Wildman–Crippen MR) is 95.6 cm³/mol. The molecule has 2 aromatic rings. The molecule has 3 nitrogen and oxygen atoms in total. The van der Waals surface area contributed by atoms with Gasteiger partial charge in [0.2, 0.25) is 0 Å². The highest BCUT2D eigenvalue weighted by Crippen LogP contribution is 2.19. The van der Waals surface area contributed by atoms with E-state index in [-0.39, 0.29) is 0 Å². The molecule has 0 saturated heterocycles. The van der Waals surface area contributed by atoms with Crippen LogP contribution in [0.15, 0.2) is 42.7 Å². The van der Waals surface area contributed by atoms with Gasteiger partial charge in [0, 0.05) is 18.5 Å². The Bertz CT molecular complexity index is 542. The van der Waals surface area contributed by atoms with Gasteiger partial charge in [-0.05, 0) is 24.6 Å². The molecule has 0 bridgehead atoms. The van der Waals surface area contributed by atoms with Crippen LogP contribution in [0.5, 0.6) is 5.75 Å². The zero-order valence-corrected chi connectivity index (χ0v) is 14.2. The number of rotatable bonds is 11. The summed E-state index contributed by atoms with van der Waals surface area (Å²) in [6.45, 7) is 3.04. The van der Waals surface area contributed by atoms with E-state index in [9.17, 15) is 0 Å². The second kappa shape index (κ2) is 10.8. The van der Waals surface area contributed by atoms with Gasteiger partial charge in [-0.15, -0.1) is 0 Å². The molecule has 23 heavy (non-hydrogen) atoms. The summed E-state index contributed by atoms with van der Waals surface area (Å²) in [6.07, 6.45) is 14.1. The first-order valence-electron chi connectivity index (χ1n) is 8.90. The van der Waals surface area contributed by atoms with Crippen molar-refractivity contribution < 1.29 is 4.74 Å². The van der Waals surface area contributed by atoms with Crippen molar-refractivity contribution in [1.82, 2.24) is 9.97 Å². The van der Waals surface area contributed by atoms with Gasteiger partial charge in [0.1, 0.15) is 5.75 Å². The molecule has 0 spiro atoms. The maximum atomic E-state index is 5.85. The van der Waals surface area contributed by atoms with Gasteiger partial charge in [-0.1, -0.05) is 57.9 Å². The van der Waals surface area contributed by atoms with Gasteiger partial charge in [0.25, 0.3) is 0 Å². The summed E-state index contributed by atoms with van der Waals surface area (Å²) in [6, 6.07) is 9.72. The summed E-state index contributed by atoms with van der Waals surface area (Å²) < 4.78 is 5.85. The number of pyridine rings is 2. The maximum absolute atomic E-state index is 5.85. The fraction of sp³-hybridized carbons (Fsp3) is 0.500. The van der Waals surface area contributed by atoms with Gasteiger partial charge in [-0.3, -0.25) is 9.97 Å². The second-order valence-electron chi connectivity index (χ2n) is 5.92. The lowest BCUT2D eigenvalue weighted by Crippen LogP contribution is -1.98. The minimum atomic E-state index is 0.778. The molecule has 0 aliphatic carbocycles. The lowest BCUT2D eigenvalue weighted by molar-refractivity contribution is 0.304. The van der Waals surface area contributed by atoms with Crippen LogP contribution in [0.4, 0.5) is 0 Å². The van der Waals surface area contributed by atoms with Crippen LogP contribution in [0.3, 0.4) is 0 Å². The van der Waals surface area contributed by atoms with E-state index in [1.54, 1.807) is 12.4 Å². The average molecular weight is 312 g/mol. The van der Waals surface area contributed by atoms with E-state index in [4.69, 9.17) is 4.74 Å². The largest absolute Gasteiger partial charge is 0.493 e. The Balaban J connectivity index is 1.65. The van der Waals surface area contributed by atoms with Gasteiger partial charge >= 0.3 is 0 Å². The standard InChI is InChI=1S/C20H28N2O/c1-2-3-4-5-6-7-8-11-16-23-18-13-15-22-20(17-18)19-12-9-10-14-21-19/h9-10,12-15,17H,2-8,11,16H2,1H3. The zero-order chi connectivity index (χ0) is 16.2. The van der Waals surface area contributed by atoms with Crippen LogP contribution in [0.1, 0.15) is 58.3 Å². The van der Waals surface area contributed by atoms with E-state index in [0.717, 1.165) is 30.2 Å². The van der Waals surface area contributed by atoms with Crippen LogP contribution in [0.2, 0.25) is 0 Å². The maximum Gasteiger partial charge on any atom is 0.123 e. The van der Waals surface area contributed by atoms with Crippen molar-refractivity contribution in [2.45, 2.75) is 58.3 Å². The van der Waals surface area contributed by atoms with Gasteiger partial charge in [0.15, 0.2) is 0 Å². The van der Waals surface area contributed by atoms with Crippen LogP contribution < -0.4 is 4.74 Å². The molecule has 0 atom stereocenters. The molecule has 2 heterocycles. The molecule has 0 N–H and O–H groups in total. The molecule has 0 aliphatic rings. The summed E-state index contributed by atoms with van der Waals surface area (Å²) in [7, 11) is 0. The fourth-order valence-corrected chi connectivity index (χ4v) is 2.58. The van der Waals surface area contributed by atoms with E-state index in [0.29, 0.717) is 0 Å². The van der Waals surface area contributed by atoms with E-state index < -0.39 is 0 Å². The van der Waals surface area contributed by atoms with Crippen molar-refractivity contribution in [3.8, 4) is 17.1 Å². The third-order valence-electron chi connectivity index (χ3n) is 3.93. The molecule has 0 saturated carbocycles. The topological polar surface area (TPSA) is 35.0 Å². The van der Waals surface area contributed by atoms with Crippen molar-refractivity contribution >= 4 is 0 Å². The Morgan fingerprint density at radius 2 is 1.52 bits per heavy atom. The van der Waals surface area contributed by atoms with Crippen LogP contribution >= 0.6 is 0 Å². The van der Waals surface area contributed by atoms with Crippen molar-refractivity contribution in [2.75, 3.05) is 6.61 Å². The summed E-state index contributed by atoms with van der Waals surface area (Å²) in [4.78, 5) is 8.68. The molecule has 0 amide bonds. The summed E-state index contributed by atoms with van der Waals surface area (Å²) in [5, 5.41) is 0. The number of hydrogen-bond acceptors (Lipinski definition) is 3. The Morgan fingerprint density at radius 3 is 2.26 bits per heavy atom. The first-order chi connectivity index (χ1) is 11.4. The first kappa shape index (κ1) is 17.5. The Kier molecular flexibility index (Phi) is 8.17. The predicted octanol–water partition coefficient (Wildman–Crippen LogP) is 5.66. The Labute approximate surface area is 140 Å². The summed E-state index contributed by atoms with van der Waals surface area (Å²) in [5.41, 5.74) is 1.74. The van der Waals surface area contributed by atoms with Crippen molar-refractivity contribution in [2.24, 2.45) is 0 Å². The van der Waals surface area contributed by atoms with Gasteiger partial charge in [-0.2, -0.15) is 0 Å². The van der Waals surface area contributed by atoms with E-state index in [1.807, 2.05) is 30.3 Å². The minimum Gasteiger partial charge on any atom is -0.493 e. The molecule has 2 rings (SSSR count). The van der Waals surface area contributed by atoms with Crippen LogP contribution in [-0.2, 0) is 0 Å². The van der Waals surface area contributed by atoms with Crippen LogP contribution in [0, 0.1) is 0 Å². The molecule has 3 heteroatoms. The number of unbranched alkanes of at least 4 members (excludes halogenated alkanes) is 7. The molecule has 0 aliphatic heterocycles. The van der Waals surface area contributed by atoms with E-state index in [1.165, 1.54) is 44.9 Å². The van der Waals surface area contributed by atoms with Crippen LogP contribution in [0.25, 0.3) is 11.4 Å². The third kappa shape index (κ3) is 6.81. The Morgan fingerprint density at radius 1 is 0.783 bits per heavy atom. The van der Waals surface area contributed by atoms with Gasteiger partial charge in [0.05, 0.1) is 18.0 Å². The van der Waals surface area contributed by atoms with Crippen molar-refractivity contribution in [1.29, 1.82) is 0 Å². The minimum absolute atomic E-state index is 0.778. The van der Waals surface area contributed by atoms with E-state index >= 15 is 0 Å². The molecule has 0 aromatic carbocycles. The molecular formula is C20H28N2O. The average Bonchev–Trinajstić information content (AvgIpc) is 2.61. The molecule has 0 radical (unpaired) electrons. The lowest BCUT2D eigenvalue weighted by Gasteiger charge is -2.07. The lowest BCUT2D eigenvalue weighted by atomic mass is 10.1. The van der Waals surface area contributed by atoms with Crippen molar-refractivity contribution in [3.63, 3.8) is 0 Å². The molecule has 0 fully saturated rings. The summed E-state index contributed by atoms with van der Waals surface area (Å²) in [5.74, 6) is 0.878. The fourth-order valence-electron chi connectivity index (χ4n) is 2.58. The quantitative estimate of drug-likeness (QED) is 0.502. The SMILES string of the molecule is CCCCCCCCCCOc1ccnc(-c2ccccn2)c1. The molecular weight excluding hydrogens is 284 g/mol. The monoisotopic (exact) mass is 312 g/mol. The number of nitrogens with zero attached hydrogens (tertiary/aromatic N) is 2. The van der Waals surface area contributed by atoms with Gasteiger partial charge < -0.3 is 4.74 Å². The van der Waals surface area contributed by atoms with Crippen molar-refractivity contribution in [3.05, 3.63) is 42.7 Å². The third-order valence-corrected chi connectivity index (χ3v) is 3.93. The molecule has 0 unspecified atom stereocenters. The molecule has 2 aromatic heterocycles. The van der Waals surface area contributed by atoms with E-state index in [2.05, 4.69) is 16.9 Å². The number of ether oxygens (including phenoxy) is 1. The Hall–Kier alpha value is -1.90. The smallest absolute Gasteiger partial charge is 0.123 e. The highest BCUT2D eigenvalue weighted by molar-refractivity contribution is 5.55. The number of aromatic nitrogens is 2. The van der Waals surface area contributed by atoms with Crippen LogP contribution in [-0.4, -0.2) is 16.6 Å². The highest BCUT2D eigenvalue weighted by atomic mass is 16.5. The summed E-state index contributed by atoms with van der Waals surface area (Å²) >= 11 is 0. The highest BCUT2D eigenvalue weighted by Gasteiger charge is 2.02. The van der Waals surface area contributed by atoms with Gasteiger partial charge in [-0.25, -0.2) is 0 Å².